The molecule has 166 valence electrons. The van der Waals surface area contributed by atoms with E-state index in [0.29, 0.717) is 24.3 Å². The second-order valence-corrected chi connectivity index (χ2v) is 9.71. The van der Waals surface area contributed by atoms with E-state index in [9.17, 15) is 22.9 Å². The van der Waals surface area contributed by atoms with E-state index < -0.39 is 26.2 Å². The summed E-state index contributed by atoms with van der Waals surface area (Å²) in [5, 5.41) is 11.7. The normalized spacial score (nSPS) is 23.2. The zero-order valence-corrected chi connectivity index (χ0v) is 17.7. The minimum atomic E-state index is -3.76. The number of para-hydroxylation sites is 1. The third-order valence-electron chi connectivity index (χ3n) is 5.78. The van der Waals surface area contributed by atoms with Crippen LogP contribution in [0.25, 0.3) is 0 Å². The number of rotatable bonds is 5. The predicted octanol–water partition coefficient (Wildman–Crippen LogP) is 2.17. The first-order valence-corrected chi connectivity index (χ1v) is 11.4. The third kappa shape index (κ3) is 4.13. The number of hydroxylamine groups is 2. The van der Waals surface area contributed by atoms with Crippen LogP contribution in [0.15, 0.2) is 48.5 Å². The zero-order chi connectivity index (χ0) is 22.2. The molecule has 11 heteroatoms. The van der Waals surface area contributed by atoms with E-state index >= 15 is 0 Å². The van der Waals surface area contributed by atoms with Crippen LogP contribution in [-0.2, 0) is 14.9 Å². The van der Waals surface area contributed by atoms with Crippen LogP contribution in [0.3, 0.4) is 0 Å². The average Bonchev–Trinajstić information content (AvgIpc) is 3.16. The van der Waals surface area contributed by atoms with Crippen molar-refractivity contribution < 1.29 is 22.6 Å². The minimum Gasteiger partial charge on any atom is -0.367 e. The number of non-ortho nitro benzene ring substituents is 1. The highest BCUT2D eigenvalue weighted by Crippen LogP contribution is 2.36. The molecule has 0 saturated carbocycles. The number of piperazine rings is 1. The van der Waals surface area contributed by atoms with Gasteiger partial charge in [-0.05, 0) is 17.7 Å². The molecule has 2 fully saturated rings. The van der Waals surface area contributed by atoms with Crippen LogP contribution >= 0.6 is 0 Å². The van der Waals surface area contributed by atoms with Crippen molar-refractivity contribution in [1.82, 2.24) is 9.37 Å². The Morgan fingerprint density at radius 3 is 2.48 bits per heavy atom. The van der Waals surface area contributed by atoms with Gasteiger partial charge in [0.25, 0.3) is 5.69 Å². The molecule has 9 nitrogen and oxygen atoms in total. The van der Waals surface area contributed by atoms with Gasteiger partial charge < -0.3 is 4.90 Å². The first-order chi connectivity index (χ1) is 14.8. The molecule has 2 aromatic rings. The van der Waals surface area contributed by atoms with Gasteiger partial charge >= 0.3 is 0 Å². The molecule has 2 atom stereocenters. The van der Waals surface area contributed by atoms with Gasteiger partial charge in [0.1, 0.15) is 11.1 Å². The summed E-state index contributed by atoms with van der Waals surface area (Å²) >= 11 is 0. The average molecular weight is 450 g/mol. The summed E-state index contributed by atoms with van der Waals surface area (Å²) in [6, 6.07) is 11.7. The summed E-state index contributed by atoms with van der Waals surface area (Å²) in [6.45, 7) is 1.13. The van der Waals surface area contributed by atoms with Crippen LogP contribution < -0.4 is 4.90 Å². The predicted molar refractivity (Wildman–Crippen MR) is 112 cm³/mol. The summed E-state index contributed by atoms with van der Waals surface area (Å²) in [7, 11) is -2.14. The fraction of sp³-hybridized carbons (Fsp3) is 0.400. The van der Waals surface area contributed by atoms with Gasteiger partial charge in [0.2, 0.25) is 10.0 Å². The van der Waals surface area contributed by atoms with Gasteiger partial charge in [0.15, 0.2) is 0 Å². The van der Waals surface area contributed by atoms with Crippen molar-refractivity contribution in [2.75, 3.05) is 44.7 Å². The van der Waals surface area contributed by atoms with Gasteiger partial charge in [-0.2, -0.15) is 9.37 Å². The Morgan fingerprint density at radius 2 is 1.81 bits per heavy atom. The first kappa shape index (κ1) is 21.6. The lowest BCUT2D eigenvalue weighted by Crippen LogP contribution is -2.52. The third-order valence-corrected chi connectivity index (χ3v) is 8.03. The number of hydrogen-bond acceptors (Lipinski definition) is 7. The topological polar surface area (TPSA) is 96.2 Å². The van der Waals surface area contributed by atoms with E-state index in [2.05, 4.69) is 0 Å². The molecule has 0 bridgehead atoms. The van der Waals surface area contributed by atoms with Gasteiger partial charge in [-0.3, -0.25) is 15.0 Å². The lowest BCUT2D eigenvalue weighted by atomic mass is 10.0. The van der Waals surface area contributed by atoms with Gasteiger partial charge in [-0.15, -0.1) is 0 Å². The second-order valence-electron chi connectivity index (χ2n) is 7.56. The maximum atomic E-state index is 14.1. The molecule has 0 unspecified atom stereocenters. The molecular formula is C20H23FN4O5S. The number of benzene rings is 2. The Kier molecular flexibility index (Phi) is 5.93. The molecule has 0 aliphatic carbocycles. The second kappa shape index (κ2) is 8.50. The summed E-state index contributed by atoms with van der Waals surface area (Å²) in [5.74, 6) is -0.338. The quantitative estimate of drug-likeness (QED) is 0.509. The minimum absolute atomic E-state index is 0.0419. The van der Waals surface area contributed by atoms with Crippen molar-refractivity contribution in [3.63, 3.8) is 0 Å². The van der Waals surface area contributed by atoms with Crippen LogP contribution in [0.5, 0.6) is 0 Å². The van der Waals surface area contributed by atoms with E-state index in [1.54, 1.807) is 31.3 Å². The van der Waals surface area contributed by atoms with E-state index in [1.165, 1.54) is 33.6 Å². The van der Waals surface area contributed by atoms with Gasteiger partial charge in [-0.25, -0.2) is 12.8 Å². The van der Waals surface area contributed by atoms with Gasteiger partial charge in [-0.1, -0.05) is 24.3 Å². The first-order valence-electron chi connectivity index (χ1n) is 9.87. The molecule has 0 N–H and O–H groups in total. The molecule has 2 aromatic carbocycles. The van der Waals surface area contributed by atoms with E-state index in [1.807, 2.05) is 4.90 Å². The molecule has 0 aromatic heterocycles. The monoisotopic (exact) mass is 450 g/mol. The molecule has 2 heterocycles. The van der Waals surface area contributed by atoms with Crippen molar-refractivity contribution >= 4 is 21.4 Å². The SMILES string of the molecule is CN1OC[C@H](S(=O)(=O)N2CCN(c3ccccc3F)CC2)[C@H]1c1cccc([N+](=O)[O-])c1. The zero-order valence-electron chi connectivity index (χ0n) is 16.9. The van der Waals surface area contributed by atoms with Gasteiger partial charge in [0, 0.05) is 45.4 Å². The van der Waals surface area contributed by atoms with Crippen LogP contribution in [0.2, 0.25) is 0 Å². The molecule has 0 spiro atoms. The van der Waals surface area contributed by atoms with Crippen LogP contribution in [-0.4, -0.2) is 67.8 Å². The Balaban J connectivity index is 1.53. The Bertz CT molecular complexity index is 1070. The molecule has 0 amide bonds. The van der Waals surface area contributed by atoms with Crippen molar-refractivity contribution in [2.24, 2.45) is 0 Å². The summed E-state index contributed by atoms with van der Waals surface area (Å²) < 4.78 is 42.4. The number of halogens is 1. The smallest absolute Gasteiger partial charge is 0.269 e. The van der Waals surface area contributed by atoms with Crippen molar-refractivity contribution in [2.45, 2.75) is 11.3 Å². The van der Waals surface area contributed by atoms with E-state index in [0.717, 1.165) is 0 Å². The summed E-state index contributed by atoms with van der Waals surface area (Å²) in [6.07, 6.45) is 0. The number of hydrogen-bond donors (Lipinski definition) is 0. The fourth-order valence-corrected chi connectivity index (χ4v) is 6.12. The van der Waals surface area contributed by atoms with Gasteiger partial charge in [0.05, 0.1) is 23.3 Å². The number of nitro benzene ring substituents is 1. The highest BCUT2D eigenvalue weighted by molar-refractivity contribution is 7.89. The Morgan fingerprint density at radius 1 is 1.10 bits per heavy atom. The van der Waals surface area contributed by atoms with Crippen LogP contribution in [0, 0.1) is 15.9 Å². The maximum Gasteiger partial charge on any atom is 0.269 e. The standard InChI is InChI=1S/C20H23FN4O5S/c1-22-20(15-5-4-6-16(13-15)25(26)27)19(14-30-22)31(28,29)24-11-9-23(10-12-24)18-8-3-2-7-17(18)21/h2-8,13,19-20H,9-12,14H2,1H3/t19-,20+/m0/s1. The fourth-order valence-electron chi connectivity index (χ4n) is 4.18. The molecule has 4 rings (SSSR count). The largest absolute Gasteiger partial charge is 0.367 e. The lowest BCUT2D eigenvalue weighted by molar-refractivity contribution is -0.385. The van der Waals surface area contributed by atoms with Crippen LogP contribution in [0.4, 0.5) is 15.8 Å². The Labute approximate surface area is 179 Å². The molecule has 2 aliphatic rings. The van der Waals surface area contributed by atoms with Crippen LogP contribution in [0.1, 0.15) is 11.6 Å². The molecular weight excluding hydrogens is 427 g/mol. The van der Waals surface area contributed by atoms with E-state index in [4.69, 9.17) is 4.84 Å². The number of nitro groups is 1. The molecule has 2 saturated heterocycles. The summed E-state index contributed by atoms with van der Waals surface area (Å²) in [4.78, 5) is 18.0. The maximum absolute atomic E-state index is 14.1. The highest BCUT2D eigenvalue weighted by atomic mass is 32.2. The number of anilines is 1. The molecule has 31 heavy (non-hydrogen) atoms. The summed E-state index contributed by atoms with van der Waals surface area (Å²) in [5.41, 5.74) is 0.859. The van der Waals surface area contributed by atoms with Crippen molar-refractivity contribution in [1.29, 1.82) is 0 Å². The Hall–Kier alpha value is -2.60. The van der Waals surface area contributed by atoms with E-state index in [-0.39, 0.29) is 31.2 Å². The highest BCUT2D eigenvalue weighted by Gasteiger charge is 2.46. The molecule has 0 radical (unpaired) electrons. The molecule has 2 aliphatic heterocycles. The number of nitrogens with zero attached hydrogens (tertiary/aromatic N) is 4. The lowest BCUT2D eigenvalue weighted by Gasteiger charge is -2.37. The number of sulfonamides is 1. The van der Waals surface area contributed by atoms with Crippen molar-refractivity contribution in [3.8, 4) is 0 Å². The van der Waals surface area contributed by atoms with Crippen molar-refractivity contribution in [3.05, 3.63) is 70.0 Å².